The Morgan fingerprint density at radius 2 is 1.82 bits per heavy atom. The summed E-state index contributed by atoms with van der Waals surface area (Å²) in [6.07, 6.45) is 0. The van der Waals surface area contributed by atoms with Gasteiger partial charge in [-0.15, -0.1) is 0 Å². The van der Waals surface area contributed by atoms with E-state index in [0.717, 1.165) is 18.4 Å². The molecule has 0 amide bonds. The fourth-order valence-electron chi connectivity index (χ4n) is 2.34. The minimum absolute atomic E-state index is 0.361. The monoisotopic (exact) mass is 240 g/mol. The van der Waals surface area contributed by atoms with Crippen molar-refractivity contribution >= 4 is 0 Å². The van der Waals surface area contributed by atoms with E-state index in [4.69, 9.17) is 0 Å². The van der Waals surface area contributed by atoms with Gasteiger partial charge in [-0.25, -0.2) is 0 Å². The van der Waals surface area contributed by atoms with Gasteiger partial charge in [0.05, 0.1) is 0 Å². The summed E-state index contributed by atoms with van der Waals surface area (Å²) in [5.41, 5.74) is 0.361. The van der Waals surface area contributed by atoms with Crippen LogP contribution in [-0.4, -0.2) is 36.6 Å². The Morgan fingerprint density at radius 1 is 1.24 bits per heavy atom. The maximum Gasteiger partial charge on any atom is 0.0244 e. The molecule has 0 saturated carbocycles. The first kappa shape index (κ1) is 15.0. The third-order valence-corrected chi connectivity index (χ3v) is 4.41. The van der Waals surface area contributed by atoms with Gasteiger partial charge in [-0.1, -0.05) is 41.5 Å². The van der Waals surface area contributed by atoms with Gasteiger partial charge in [-0.2, -0.15) is 0 Å². The molecule has 0 aliphatic carbocycles. The van der Waals surface area contributed by atoms with E-state index in [9.17, 15) is 0 Å². The van der Waals surface area contributed by atoms with Gasteiger partial charge in [0.2, 0.25) is 0 Å². The molecule has 0 aromatic heterocycles. The van der Waals surface area contributed by atoms with E-state index >= 15 is 0 Å². The van der Waals surface area contributed by atoms with Gasteiger partial charge in [0.25, 0.3) is 0 Å². The lowest BCUT2D eigenvalue weighted by Gasteiger charge is -2.45. The lowest BCUT2D eigenvalue weighted by molar-refractivity contribution is 0.0753. The van der Waals surface area contributed by atoms with Crippen molar-refractivity contribution < 1.29 is 0 Å². The molecular weight excluding hydrogens is 208 g/mol. The van der Waals surface area contributed by atoms with E-state index in [2.05, 4.69) is 58.7 Å². The molecule has 102 valence electrons. The largest absolute Gasteiger partial charge is 0.311 e. The summed E-state index contributed by atoms with van der Waals surface area (Å²) in [5, 5.41) is 3.70. The minimum atomic E-state index is 0.361. The maximum absolute atomic E-state index is 3.70. The number of nitrogens with one attached hydrogen (secondary N) is 1. The van der Waals surface area contributed by atoms with Crippen molar-refractivity contribution in [3.05, 3.63) is 0 Å². The predicted molar refractivity (Wildman–Crippen MR) is 76.3 cm³/mol. The summed E-state index contributed by atoms with van der Waals surface area (Å²) >= 11 is 0. The normalized spacial score (nSPS) is 29.6. The molecule has 0 radical (unpaired) electrons. The maximum atomic E-state index is 3.70. The van der Waals surface area contributed by atoms with Gasteiger partial charge >= 0.3 is 0 Å². The highest BCUT2D eigenvalue weighted by molar-refractivity contribution is 4.90. The zero-order valence-electron chi connectivity index (χ0n) is 12.9. The number of hydrogen-bond acceptors (Lipinski definition) is 2. The van der Waals surface area contributed by atoms with Crippen molar-refractivity contribution in [1.29, 1.82) is 0 Å². The molecule has 1 aliphatic heterocycles. The summed E-state index contributed by atoms with van der Waals surface area (Å²) < 4.78 is 0. The summed E-state index contributed by atoms with van der Waals surface area (Å²) in [6, 6.07) is 1.30. The second-order valence-corrected chi connectivity index (χ2v) is 7.35. The van der Waals surface area contributed by atoms with Crippen molar-refractivity contribution in [2.45, 2.75) is 60.5 Å². The van der Waals surface area contributed by atoms with Crippen LogP contribution >= 0.6 is 0 Å². The Kier molecular flexibility index (Phi) is 5.03. The van der Waals surface area contributed by atoms with Crippen molar-refractivity contribution in [1.82, 2.24) is 10.2 Å². The van der Waals surface area contributed by atoms with Gasteiger partial charge in [0.15, 0.2) is 0 Å². The van der Waals surface area contributed by atoms with Crippen LogP contribution < -0.4 is 5.32 Å². The Bertz CT molecular complexity index is 230. The Labute approximate surface area is 108 Å². The number of hydrogen-bond donors (Lipinski definition) is 1. The molecule has 1 aliphatic rings. The molecule has 1 rings (SSSR count). The van der Waals surface area contributed by atoms with Crippen LogP contribution in [0.2, 0.25) is 0 Å². The van der Waals surface area contributed by atoms with Crippen LogP contribution in [0.15, 0.2) is 0 Å². The van der Waals surface area contributed by atoms with Crippen molar-refractivity contribution in [2.75, 3.05) is 19.6 Å². The Hall–Kier alpha value is -0.0800. The smallest absolute Gasteiger partial charge is 0.0244 e. The molecule has 0 bridgehead atoms. The molecule has 1 fully saturated rings. The summed E-state index contributed by atoms with van der Waals surface area (Å²) in [5.74, 6) is 1.57. The molecule has 0 aromatic carbocycles. The third-order valence-electron chi connectivity index (χ3n) is 4.41. The first-order valence-electron chi connectivity index (χ1n) is 7.19. The minimum Gasteiger partial charge on any atom is -0.311 e. The molecule has 1 N–H and O–H groups in total. The highest BCUT2D eigenvalue weighted by Gasteiger charge is 2.32. The fourth-order valence-corrected chi connectivity index (χ4v) is 2.34. The molecule has 3 atom stereocenters. The van der Waals surface area contributed by atoms with E-state index in [-0.39, 0.29) is 0 Å². The van der Waals surface area contributed by atoms with E-state index in [1.807, 2.05) is 0 Å². The quantitative estimate of drug-likeness (QED) is 0.816. The predicted octanol–water partition coefficient (Wildman–Crippen LogP) is 2.99. The number of piperazine rings is 1. The second kappa shape index (κ2) is 5.71. The van der Waals surface area contributed by atoms with Gasteiger partial charge in [0.1, 0.15) is 0 Å². The zero-order chi connectivity index (χ0) is 13.2. The van der Waals surface area contributed by atoms with Gasteiger partial charge < -0.3 is 5.32 Å². The van der Waals surface area contributed by atoms with Crippen LogP contribution in [-0.2, 0) is 0 Å². The zero-order valence-corrected chi connectivity index (χ0v) is 12.9. The van der Waals surface area contributed by atoms with Crippen LogP contribution in [0.5, 0.6) is 0 Å². The standard InChI is InChI=1S/C15H32N2/c1-11(2)12(3)9-17-10-14(15(5,6)7)16-8-13(17)4/h11-14,16H,8-10H2,1-7H3. The Morgan fingerprint density at radius 3 is 2.29 bits per heavy atom. The van der Waals surface area contributed by atoms with Crippen LogP contribution in [0.1, 0.15) is 48.5 Å². The molecule has 17 heavy (non-hydrogen) atoms. The highest BCUT2D eigenvalue weighted by Crippen LogP contribution is 2.24. The lowest BCUT2D eigenvalue weighted by Crippen LogP contribution is -2.60. The average Bonchev–Trinajstić information content (AvgIpc) is 2.19. The SMILES string of the molecule is CC(C)C(C)CN1CC(C(C)(C)C)NCC1C. The van der Waals surface area contributed by atoms with Crippen LogP contribution in [0.4, 0.5) is 0 Å². The summed E-state index contributed by atoms with van der Waals surface area (Å²) in [7, 11) is 0. The first-order chi connectivity index (χ1) is 7.71. The molecule has 3 unspecified atom stereocenters. The molecule has 2 nitrogen and oxygen atoms in total. The highest BCUT2D eigenvalue weighted by atomic mass is 15.2. The van der Waals surface area contributed by atoms with Crippen LogP contribution in [0, 0.1) is 17.3 Å². The fraction of sp³-hybridized carbons (Fsp3) is 1.00. The van der Waals surface area contributed by atoms with E-state index in [0.29, 0.717) is 17.5 Å². The topological polar surface area (TPSA) is 15.3 Å². The average molecular weight is 240 g/mol. The van der Waals surface area contributed by atoms with E-state index in [1.54, 1.807) is 0 Å². The van der Waals surface area contributed by atoms with Crippen molar-refractivity contribution in [3.8, 4) is 0 Å². The van der Waals surface area contributed by atoms with Gasteiger partial charge in [0, 0.05) is 31.7 Å². The van der Waals surface area contributed by atoms with E-state index < -0.39 is 0 Å². The van der Waals surface area contributed by atoms with Crippen LogP contribution in [0.3, 0.4) is 0 Å². The number of rotatable bonds is 3. The first-order valence-corrected chi connectivity index (χ1v) is 7.19. The molecule has 0 aromatic rings. The van der Waals surface area contributed by atoms with E-state index in [1.165, 1.54) is 13.1 Å². The Balaban J connectivity index is 2.58. The van der Waals surface area contributed by atoms with Crippen molar-refractivity contribution in [2.24, 2.45) is 17.3 Å². The molecular formula is C15H32N2. The molecule has 1 heterocycles. The molecule has 0 spiro atoms. The van der Waals surface area contributed by atoms with Gasteiger partial charge in [-0.05, 0) is 24.2 Å². The second-order valence-electron chi connectivity index (χ2n) is 7.35. The molecule has 2 heteroatoms. The molecule has 1 saturated heterocycles. The van der Waals surface area contributed by atoms with Gasteiger partial charge in [-0.3, -0.25) is 4.90 Å². The summed E-state index contributed by atoms with van der Waals surface area (Å²) in [6.45, 7) is 20.0. The summed E-state index contributed by atoms with van der Waals surface area (Å²) in [4.78, 5) is 2.68. The number of nitrogens with zero attached hydrogens (tertiary/aromatic N) is 1. The lowest BCUT2D eigenvalue weighted by atomic mass is 9.84. The third kappa shape index (κ3) is 4.26. The van der Waals surface area contributed by atoms with Crippen LogP contribution in [0.25, 0.3) is 0 Å². The van der Waals surface area contributed by atoms with Crippen molar-refractivity contribution in [3.63, 3.8) is 0 Å².